The zero-order valence-corrected chi connectivity index (χ0v) is 19.2. The molecular formula is C21H36N4O3S. The Morgan fingerprint density at radius 1 is 1.31 bits per heavy atom. The third-order valence-corrected chi connectivity index (χ3v) is 6.57. The molecule has 1 saturated carbocycles. The topological polar surface area (TPSA) is 84.8 Å². The number of aromatic nitrogens is 1. The fourth-order valence-corrected chi connectivity index (χ4v) is 4.74. The molecule has 1 heterocycles. The summed E-state index contributed by atoms with van der Waals surface area (Å²) in [6, 6.07) is -0.0643. The first-order chi connectivity index (χ1) is 14.0. The summed E-state index contributed by atoms with van der Waals surface area (Å²) in [5.74, 6) is 1.10. The standard InChI is InChI=1S/C21H36N4O3S/c1-6-27-17(16-10-8-9-11-16)12-13-23-21(22-5)25-15(4)19-24-14(3)18(29-19)20(26)28-7-2/h15-17H,6-13H2,1-5H3,(H2,22,23,25). The number of aliphatic imine (C=N–C) groups is 1. The SMILES string of the molecule is CCOC(=O)c1sc(C(C)NC(=NC)NCCC(OCC)C2CCCC2)nc1C. The zero-order chi connectivity index (χ0) is 21.2. The molecule has 0 bridgehead atoms. The number of carbonyl (C=O) groups excluding carboxylic acids is 1. The third-order valence-electron chi connectivity index (χ3n) is 5.25. The van der Waals surface area contributed by atoms with E-state index < -0.39 is 0 Å². The van der Waals surface area contributed by atoms with E-state index in [0.29, 0.717) is 29.2 Å². The molecular weight excluding hydrogens is 388 g/mol. The molecule has 1 fully saturated rings. The predicted octanol–water partition coefficient (Wildman–Crippen LogP) is 3.84. The van der Waals surface area contributed by atoms with Gasteiger partial charge < -0.3 is 20.1 Å². The Labute approximate surface area is 178 Å². The molecule has 2 atom stereocenters. The van der Waals surface area contributed by atoms with E-state index in [1.54, 1.807) is 14.0 Å². The number of hydrogen-bond acceptors (Lipinski definition) is 6. The average Bonchev–Trinajstić information content (AvgIpc) is 3.36. The Hall–Kier alpha value is -1.67. The Kier molecular flexibility index (Phi) is 9.87. The summed E-state index contributed by atoms with van der Waals surface area (Å²) in [6.45, 7) is 9.65. The molecule has 0 radical (unpaired) electrons. The molecule has 2 N–H and O–H groups in total. The van der Waals surface area contributed by atoms with Crippen LogP contribution in [0.15, 0.2) is 4.99 Å². The maximum atomic E-state index is 12.0. The fraction of sp³-hybridized carbons (Fsp3) is 0.762. The van der Waals surface area contributed by atoms with E-state index in [1.165, 1.54) is 37.0 Å². The molecule has 0 amide bonds. The van der Waals surface area contributed by atoms with Gasteiger partial charge in [0, 0.05) is 20.2 Å². The van der Waals surface area contributed by atoms with Crippen molar-refractivity contribution in [2.24, 2.45) is 10.9 Å². The number of ether oxygens (including phenoxy) is 2. The van der Waals surface area contributed by atoms with Crippen LogP contribution in [0, 0.1) is 12.8 Å². The monoisotopic (exact) mass is 424 g/mol. The lowest BCUT2D eigenvalue weighted by Crippen LogP contribution is -2.40. The maximum absolute atomic E-state index is 12.0. The average molecular weight is 425 g/mol. The number of rotatable bonds is 10. The minimum Gasteiger partial charge on any atom is -0.462 e. The van der Waals surface area contributed by atoms with Gasteiger partial charge in [-0.05, 0) is 52.9 Å². The molecule has 8 heteroatoms. The summed E-state index contributed by atoms with van der Waals surface area (Å²) in [4.78, 5) is 21.5. The highest BCUT2D eigenvalue weighted by atomic mass is 32.1. The number of guanidine groups is 1. The number of thiazole rings is 1. The highest BCUT2D eigenvalue weighted by molar-refractivity contribution is 7.13. The van der Waals surface area contributed by atoms with E-state index in [0.717, 1.165) is 30.5 Å². The van der Waals surface area contributed by atoms with Crippen LogP contribution in [0.1, 0.15) is 79.3 Å². The van der Waals surface area contributed by atoms with Crippen molar-refractivity contribution in [1.82, 2.24) is 15.6 Å². The minimum atomic E-state index is -0.308. The van der Waals surface area contributed by atoms with Gasteiger partial charge in [-0.25, -0.2) is 9.78 Å². The van der Waals surface area contributed by atoms with Crippen LogP contribution in [0.25, 0.3) is 0 Å². The molecule has 0 saturated heterocycles. The Morgan fingerprint density at radius 2 is 2.03 bits per heavy atom. The molecule has 1 aliphatic rings. The molecule has 2 unspecified atom stereocenters. The number of nitrogens with one attached hydrogen (secondary N) is 2. The predicted molar refractivity (Wildman–Crippen MR) is 118 cm³/mol. The van der Waals surface area contributed by atoms with Crippen LogP contribution < -0.4 is 10.6 Å². The smallest absolute Gasteiger partial charge is 0.350 e. The molecule has 164 valence electrons. The number of aryl methyl sites for hydroxylation is 1. The molecule has 0 spiro atoms. The molecule has 2 rings (SSSR count). The summed E-state index contributed by atoms with van der Waals surface area (Å²) < 4.78 is 11.1. The van der Waals surface area contributed by atoms with E-state index in [9.17, 15) is 4.79 Å². The van der Waals surface area contributed by atoms with Gasteiger partial charge in [0.2, 0.25) is 0 Å². The van der Waals surface area contributed by atoms with Crippen molar-refractivity contribution in [2.45, 2.75) is 71.9 Å². The van der Waals surface area contributed by atoms with Gasteiger partial charge in [-0.2, -0.15) is 0 Å². The van der Waals surface area contributed by atoms with Crippen molar-refractivity contribution >= 4 is 23.3 Å². The van der Waals surface area contributed by atoms with Crippen molar-refractivity contribution in [2.75, 3.05) is 26.8 Å². The van der Waals surface area contributed by atoms with Crippen LogP contribution in [0.5, 0.6) is 0 Å². The highest BCUT2D eigenvalue weighted by Gasteiger charge is 2.25. The Bertz CT molecular complexity index is 671. The molecule has 1 aromatic heterocycles. The van der Waals surface area contributed by atoms with Crippen molar-refractivity contribution in [3.63, 3.8) is 0 Å². The largest absolute Gasteiger partial charge is 0.462 e. The minimum absolute atomic E-state index is 0.0643. The second-order valence-corrected chi connectivity index (χ2v) is 8.41. The fourth-order valence-electron chi connectivity index (χ4n) is 3.78. The van der Waals surface area contributed by atoms with Crippen molar-refractivity contribution in [3.05, 3.63) is 15.6 Å². The van der Waals surface area contributed by atoms with Gasteiger partial charge in [0.25, 0.3) is 0 Å². The van der Waals surface area contributed by atoms with Gasteiger partial charge >= 0.3 is 5.97 Å². The van der Waals surface area contributed by atoms with Crippen molar-refractivity contribution in [1.29, 1.82) is 0 Å². The van der Waals surface area contributed by atoms with Gasteiger partial charge in [0.15, 0.2) is 5.96 Å². The molecule has 1 aliphatic carbocycles. The lowest BCUT2D eigenvalue weighted by atomic mass is 9.98. The van der Waals surface area contributed by atoms with Gasteiger partial charge in [-0.1, -0.05) is 12.8 Å². The quantitative estimate of drug-likeness (QED) is 0.337. The molecule has 7 nitrogen and oxygen atoms in total. The first-order valence-electron chi connectivity index (χ1n) is 10.7. The number of hydrogen-bond donors (Lipinski definition) is 2. The van der Waals surface area contributed by atoms with E-state index in [4.69, 9.17) is 9.47 Å². The van der Waals surface area contributed by atoms with Gasteiger partial charge in [-0.15, -0.1) is 11.3 Å². The van der Waals surface area contributed by atoms with E-state index in [2.05, 4.69) is 27.5 Å². The van der Waals surface area contributed by atoms with Gasteiger partial charge in [0.05, 0.1) is 24.4 Å². The van der Waals surface area contributed by atoms with E-state index in [1.807, 2.05) is 13.8 Å². The van der Waals surface area contributed by atoms with Crippen molar-refractivity contribution in [3.8, 4) is 0 Å². The Balaban J connectivity index is 1.87. The lowest BCUT2D eigenvalue weighted by Gasteiger charge is -2.24. The van der Waals surface area contributed by atoms with Crippen LogP contribution in [-0.4, -0.2) is 49.8 Å². The first kappa shape index (κ1) is 23.6. The van der Waals surface area contributed by atoms with Crippen LogP contribution in [0.3, 0.4) is 0 Å². The molecule has 29 heavy (non-hydrogen) atoms. The first-order valence-corrected chi connectivity index (χ1v) is 11.5. The van der Waals surface area contributed by atoms with E-state index in [-0.39, 0.29) is 12.0 Å². The van der Waals surface area contributed by atoms with Crippen LogP contribution in [0.4, 0.5) is 0 Å². The Morgan fingerprint density at radius 3 is 2.66 bits per heavy atom. The van der Waals surface area contributed by atoms with Crippen LogP contribution in [-0.2, 0) is 9.47 Å². The van der Waals surface area contributed by atoms with Crippen LogP contribution >= 0.6 is 11.3 Å². The number of nitrogens with zero attached hydrogens (tertiary/aromatic N) is 2. The number of esters is 1. The van der Waals surface area contributed by atoms with Crippen LogP contribution in [0.2, 0.25) is 0 Å². The van der Waals surface area contributed by atoms with E-state index >= 15 is 0 Å². The van der Waals surface area contributed by atoms with Gasteiger partial charge in [0.1, 0.15) is 9.88 Å². The molecule has 0 aliphatic heterocycles. The highest BCUT2D eigenvalue weighted by Crippen LogP contribution is 2.30. The normalized spacial score (nSPS) is 17.2. The molecule has 1 aromatic rings. The molecule has 0 aromatic carbocycles. The summed E-state index contributed by atoms with van der Waals surface area (Å²) >= 11 is 1.37. The second kappa shape index (κ2) is 12.1. The lowest BCUT2D eigenvalue weighted by molar-refractivity contribution is 0.0169. The maximum Gasteiger partial charge on any atom is 0.350 e. The summed E-state index contributed by atoms with van der Waals surface area (Å²) in [5, 5.41) is 7.59. The van der Waals surface area contributed by atoms with Gasteiger partial charge in [-0.3, -0.25) is 4.99 Å². The third kappa shape index (κ3) is 6.96. The second-order valence-electron chi connectivity index (χ2n) is 7.38. The van der Waals surface area contributed by atoms with Crippen molar-refractivity contribution < 1.29 is 14.3 Å². The summed E-state index contributed by atoms with van der Waals surface area (Å²) in [5.41, 5.74) is 0.705. The summed E-state index contributed by atoms with van der Waals surface area (Å²) in [6.07, 6.45) is 6.49. The summed E-state index contributed by atoms with van der Waals surface area (Å²) in [7, 11) is 1.76. The zero-order valence-electron chi connectivity index (χ0n) is 18.4. The number of carbonyl (C=O) groups is 1.